The van der Waals surface area contributed by atoms with Crippen molar-refractivity contribution in [1.29, 1.82) is 0 Å². The Labute approximate surface area is 206 Å². The average molecular weight is 467 g/mol. The van der Waals surface area contributed by atoms with Crippen molar-refractivity contribution in [3.05, 3.63) is 108 Å². The molecule has 4 rings (SSSR count). The van der Waals surface area contributed by atoms with E-state index in [9.17, 15) is 9.59 Å². The number of hydrogen-bond donors (Lipinski definition) is 2. The van der Waals surface area contributed by atoms with Crippen LogP contribution >= 0.6 is 0 Å². The lowest BCUT2D eigenvalue weighted by molar-refractivity contribution is -0.128. The number of nitrogens with zero attached hydrogens (tertiary/aromatic N) is 2. The predicted molar refractivity (Wildman–Crippen MR) is 141 cm³/mol. The van der Waals surface area contributed by atoms with Gasteiger partial charge in [-0.1, -0.05) is 91.0 Å². The van der Waals surface area contributed by atoms with Crippen molar-refractivity contribution in [2.75, 3.05) is 18.5 Å². The number of benzodiazepines with no additional fused rings is 1. The lowest BCUT2D eigenvalue weighted by atomic mass is 10.0. The van der Waals surface area contributed by atoms with Crippen LogP contribution < -0.4 is 15.5 Å². The molecular formula is C29H30N4O2. The van der Waals surface area contributed by atoms with Gasteiger partial charge in [-0.2, -0.15) is 0 Å². The lowest BCUT2D eigenvalue weighted by Gasteiger charge is -2.24. The minimum absolute atomic E-state index is 0.199. The fourth-order valence-electron chi connectivity index (χ4n) is 4.06. The molecule has 3 aromatic carbocycles. The van der Waals surface area contributed by atoms with Crippen LogP contribution in [0.4, 0.5) is 5.69 Å². The smallest absolute Gasteiger partial charge is 0.243 e. The number of likely N-dealkylation sites (N-methyl/N-ethyl adjacent to an activating group) is 1. The molecule has 0 aliphatic carbocycles. The van der Waals surface area contributed by atoms with E-state index in [0.717, 1.165) is 28.1 Å². The van der Waals surface area contributed by atoms with Gasteiger partial charge in [0.25, 0.3) is 0 Å². The standard InChI is InChI=1S/C29H30N4O2/c1-21(30-27(34)19-11-14-22-12-5-3-6-13-22)29(35)32-26-20-33(2)25-18-10-9-17-24(25)28(31-26)23-15-7-4-8-16-23/h3-18,21,26H,19-20H2,1-2H3,(H,30,34)(H,32,35)/b14-11+/t21-,26+/m0/s1. The van der Waals surface area contributed by atoms with E-state index in [2.05, 4.69) is 21.6 Å². The number of benzene rings is 3. The first-order valence-electron chi connectivity index (χ1n) is 11.8. The minimum atomic E-state index is -0.682. The van der Waals surface area contributed by atoms with E-state index in [1.54, 1.807) is 13.0 Å². The molecule has 6 heteroatoms. The molecule has 1 aliphatic rings. The first-order chi connectivity index (χ1) is 17.0. The molecular weight excluding hydrogens is 436 g/mol. The average Bonchev–Trinajstić information content (AvgIpc) is 3.01. The van der Waals surface area contributed by atoms with Crippen LogP contribution in [0.1, 0.15) is 30.0 Å². The van der Waals surface area contributed by atoms with Crippen molar-refractivity contribution < 1.29 is 9.59 Å². The number of amides is 2. The van der Waals surface area contributed by atoms with E-state index in [4.69, 9.17) is 4.99 Å². The molecule has 178 valence electrons. The molecule has 2 N–H and O–H groups in total. The summed E-state index contributed by atoms with van der Waals surface area (Å²) in [7, 11) is 1.99. The highest BCUT2D eigenvalue weighted by molar-refractivity contribution is 6.16. The minimum Gasteiger partial charge on any atom is -0.370 e. The summed E-state index contributed by atoms with van der Waals surface area (Å²) in [4.78, 5) is 32.3. The zero-order valence-corrected chi connectivity index (χ0v) is 20.0. The van der Waals surface area contributed by atoms with Crippen molar-refractivity contribution in [3.8, 4) is 0 Å². The summed E-state index contributed by atoms with van der Waals surface area (Å²) in [6, 6.07) is 27.2. The summed E-state index contributed by atoms with van der Waals surface area (Å²) in [5.74, 6) is -0.482. The Hall–Kier alpha value is -4.19. The van der Waals surface area contributed by atoms with E-state index >= 15 is 0 Å². The second-order valence-electron chi connectivity index (χ2n) is 8.57. The number of fused-ring (bicyclic) bond motifs is 1. The van der Waals surface area contributed by atoms with Gasteiger partial charge >= 0.3 is 0 Å². The highest BCUT2D eigenvalue weighted by atomic mass is 16.2. The number of aliphatic imine (C=N–C) groups is 1. The van der Waals surface area contributed by atoms with Crippen LogP contribution in [0.3, 0.4) is 0 Å². The molecule has 3 aromatic rings. The van der Waals surface area contributed by atoms with Crippen LogP contribution in [0.5, 0.6) is 0 Å². The SMILES string of the molecule is C[C@H](NC(=O)C/C=C/c1ccccc1)C(=O)N[C@@H]1CN(C)c2ccccc2C(c2ccccc2)=N1. The van der Waals surface area contributed by atoms with Crippen molar-refractivity contribution in [2.45, 2.75) is 25.6 Å². The first kappa shape index (κ1) is 24.0. The molecule has 6 nitrogen and oxygen atoms in total. The number of nitrogens with one attached hydrogen (secondary N) is 2. The lowest BCUT2D eigenvalue weighted by Crippen LogP contribution is -2.50. The Balaban J connectivity index is 1.43. The first-order valence-corrected chi connectivity index (χ1v) is 11.8. The molecule has 0 saturated carbocycles. The topological polar surface area (TPSA) is 73.8 Å². The van der Waals surface area contributed by atoms with Crippen molar-refractivity contribution in [2.24, 2.45) is 4.99 Å². The van der Waals surface area contributed by atoms with E-state index in [-0.39, 0.29) is 18.2 Å². The molecule has 0 spiro atoms. The van der Waals surface area contributed by atoms with Gasteiger partial charge in [-0.25, -0.2) is 0 Å². The number of para-hydroxylation sites is 1. The highest BCUT2D eigenvalue weighted by Crippen LogP contribution is 2.26. The fourth-order valence-corrected chi connectivity index (χ4v) is 4.06. The van der Waals surface area contributed by atoms with Gasteiger partial charge in [0, 0.05) is 30.3 Å². The van der Waals surface area contributed by atoms with Gasteiger partial charge in [-0.05, 0) is 18.6 Å². The summed E-state index contributed by atoms with van der Waals surface area (Å²) in [6.45, 7) is 2.20. The molecule has 0 fully saturated rings. The summed E-state index contributed by atoms with van der Waals surface area (Å²) in [6.07, 6.45) is 3.42. The molecule has 2 amide bonds. The van der Waals surface area contributed by atoms with E-state index < -0.39 is 12.2 Å². The number of hydrogen-bond acceptors (Lipinski definition) is 4. The largest absolute Gasteiger partial charge is 0.370 e. The maximum Gasteiger partial charge on any atom is 0.243 e. The quantitative estimate of drug-likeness (QED) is 0.552. The van der Waals surface area contributed by atoms with Crippen molar-refractivity contribution in [3.63, 3.8) is 0 Å². The number of carbonyl (C=O) groups is 2. The van der Waals surface area contributed by atoms with Gasteiger partial charge in [0.1, 0.15) is 12.2 Å². The Morgan fingerprint density at radius 2 is 1.66 bits per heavy atom. The normalized spacial score (nSPS) is 16.1. The molecule has 0 unspecified atom stereocenters. The van der Waals surface area contributed by atoms with Gasteiger partial charge in [0.15, 0.2) is 0 Å². The third-order valence-corrected chi connectivity index (χ3v) is 5.84. The summed E-state index contributed by atoms with van der Waals surface area (Å²) < 4.78 is 0. The summed E-state index contributed by atoms with van der Waals surface area (Å²) in [5.41, 5.74) is 4.92. The van der Waals surface area contributed by atoms with Crippen LogP contribution in [0.2, 0.25) is 0 Å². The van der Waals surface area contributed by atoms with Crippen LogP contribution in [-0.4, -0.2) is 43.3 Å². The Morgan fingerprint density at radius 3 is 2.40 bits per heavy atom. The van der Waals surface area contributed by atoms with Gasteiger partial charge in [0.05, 0.1) is 12.3 Å². The van der Waals surface area contributed by atoms with Crippen LogP contribution in [-0.2, 0) is 9.59 Å². The van der Waals surface area contributed by atoms with Crippen molar-refractivity contribution in [1.82, 2.24) is 10.6 Å². The second-order valence-corrected chi connectivity index (χ2v) is 8.57. The molecule has 1 heterocycles. The van der Waals surface area contributed by atoms with Crippen molar-refractivity contribution >= 4 is 29.3 Å². The molecule has 2 atom stereocenters. The molecule has 0 saturated heterocycles. The highest BCUT2D eigenvalue weighted by Gasteiger charge is 2.25. The maximum atomic E-state index is 12.9. The fraction of sp³-hybridized carbons (Fsp3) is 0.207. The molecule has 35 heavy (non-hydrogen) atoms. The van der Waals surface area contributed by atoms with Gasteiger partial charge in [0.2, 0.25) is 11.8 Å². The van der Waals surface area contributed by atoms with E-state index in [1.165, 1.54) is 0 Å². The predicted octanol–water partition coefficient (Wildman–Crippen LogP) is 4.02. The third-order valence-electron chi connectivity index (χ3n) is 5.84. The van der Waals surface area contributed by atoms with E-state index in [0.29, 0.717) is 6.54 Å². The van der Waals surface area contributed by atoms with Gasteiger partial charge in [-0.3, -0.25) is 14.6 Å². The monoisotopic (exact) mass is 466 g/mol. The van der Waals surface area contributed by atoms with Crippen LogP contribution in [0, 0.1) is 0 Å². The molecule has 1 aliphatic heterocycles. The molecule has 0 radical (unpaired) electrons. The maximum absolute atomic E-state index is 12.9. The van der Waals surface area contributed by atoms with Gasteiger partial charge < -0.3 is 15.5 Å². The molecule has 0 aromatic heterocycles. The second kappa shape index (κ2) is 11.3. The third kappa shape index (κ3) is 6.23. The summed E-state index contributed by atoms with van der Waals surface area (Å²) >= 11 is 0. The molecule has 0 bridgehead atoms. The van der Waals surface area contributed by atoms with Crippen LogP contribution in [0.25, 0.3) is 6.08 Å². The summed E-state index contributed by atoms with van der Waals surface area (Å²) in [5, 5.41) is 5.79. The van der Waals surface area contributed by atoms with E-state index in [1.807, 2.05) is 92.0 Å². The Bertz CT molecular complexity index is 1220. The zero-order chi connectivity index (χ0) is 24.6. The zero-order valence-electron chi connectivity index (χ0n) is 20.0. The number of carbonyl (C=O) groups excluding carboxylic acids is 2. The Morgan fingerprint density at radius 1 is 1.00 bits per heavy atom. The van der Waals surface area contributed by atoms with Gasteiger partial charge in [-0.15, -0.1) is 0 Å². The Kier molecular flexibility index (Phi) is 7.73. The van der Waals surface area contributed by atoms with Crippen LogP contribution in [0.15, 0.2) is 96.0 Å². The number of anilines is 1. The number of rotatable bonds is 7.